The van der Waals surface area contributed by atoms with Crippen molar-refractivity contribution < 1.29 is 14.3 Å². The number of ether oxygens (including phenoxy) is 2. The molecule has 1 aromatic heterocycles. The van der Waals surface area contributed by atoms with Gasteiger partial charge in [-0.15, -0.1) is 16.8 Å². The van der Waals surface area contributed by atoms with Crippen LogP contribution in [0.4, 0.5) is 0 Å². The van der Waals surface area contributed by atoms with E-state index in [1.165, 1.54) is 0 Å². The van der Waals surface area contributed by atoms with Crippen LogP contribution in [0.5, 0.6) is 5.75 Å². The van der Waals surface area contributed by atoms with Crippen molar-refractivity contribution in [1.29, 1.82) is 0 Å². The summed E-state index contributed by atoms with van der Waals surface area (Å²) in [6.07, 6.45) is 1.98. The molecule has 0 spiro atoms. The predicted molar refractivity (Wildman–Crippen MR) is 102 cm³/mol. The van der Waals surface area contributed by atoms with Crippen molar-refractivity contribution in [3.05, 3.63) is 53.0 Å². The van der Waals surface area contributed by atoms with E-state index in [2.05, 4.69) is 27.1 Å². The number of carbonyl (C=O) groups excluding carboxylic acids is 1. The smallest absolute Gasteiger partial charge is 0.273 e. The van der Waals surface area contributed by atoms with E-state index in [0.29, 0.717) is 43.5 Å². The van der Waals surface area contributed by atoms with Crippen molar-refractivity contribution >= 4 is 5.91 Å². The summed E-state index contributed by atoms with van der Waals surface area (Å²) in [6.45, 7) is 7.51. The summed E-state index contributed by atoms with van der Waals surface area (Å²) in [7, 11) is 0. The zero-order valence-electron chi connectivity index (χ0n) is 15.4. The van der Waals surface area contributed by atoms with Crippen LogP contribution < -0.4 is 15.6 Å². The van der Waals surface area contributed by atoms with Gasteiger partial charge >= 0.3 is 0 Å². The Kier molecular flexibility index (Phi) is 8.18. The Morgan fingerprint density at radius 2 is 2.04 bits per heavy atom. The molecule has 8 nitrogen and oxygen atoms in total. The monoisotopic (exact) mass is 372 g/mol. The average molecular weight is 372 g/mol. The summed E-state index contributed by atoms with van der Waals surface area (Å²) in [5, 5.41) is 10.7. The van der Waals surface area contributed by atoms with Crippen molar-refractivity contribution in [3.63, 3.8) is 0 Å². The highest BCUT2D eigenvalue weighted by Gasteiger charge is 2.09. The lowest BCUT2D eigenvalue weighted by atomic mass is 10.2. The lowest BCUT2D eigenvalue weighted by molar-refractivity contribution is -0.120. The van der Waals surface area contributed by atoms with Crippen molar-refractivity contribution in [2.45, 2.75) is 19.8 Å². The second kappa shape index (κ2) is 10.9. The minimum atomic E-state index is -0.353. The van der Waals surface area contributed by atoms with Crippen molar-refractivity contribution in [2.24, 2.45) is 0 Å². The molecule has 0 bridgehead atoms. The molecule has 0 atom stereocenters. The zero-order valence-corrected chi connectivity index (χ0v) is 15.4. The Hall–Kier alpha value is -3.00. The first-order valence-corrected chi connectivity index (χ1v) is 8.78. The third-order valence-corrected chi connectivity index (χ3v) is 3.63. The van der Waals surface area contributed by atoms with Gasteiger partial charge < -0.3 is 19.8 Å². The first kappa shape index (κ1) is 20.3. The standard InChI is InChI=1S/C19H24N4O4/c1-3-11-20-17(24)10-9-16-19(25)21-18(23-22-16)14-5-7-15(8-6-14)27-13-12-26-4-2/h3,5-8H,1,4,9-13H2,2H3,(H,20,24)(H,21,23,25). The molecule has 0 unspecified atom stereocenters. The first-order valence-electron chi connectivity index (χ1n) is 8.78. The van der Waals surface area contributed by atoms with Gasteiger partial charge in [0.1, 0.15) is 18.1 Å². The number of hydrogen-bond acceptors (Lipinski definition) is 6. The Bertz CT molecular complexity index is 802. The number of nitrogens with one attached hydrogen (secondary N) is 2. The minimum Gasteiger partial charge on any atom is -0.491 e. The fourth-order valence-corrected chi connectivity index (χ4v) is 2.23. The van der Waals surface area contributed by atoms with Crippen LogP contribution in [-0.2, 0) is 16.0 Å². The van der Waals surface area contributed by atoms with Gasteiger partial charge in [-0.2, -0.15) is 0 Å². The molecule has 2 aromatic rings. The van der Waals surface area contributed by atoms with E-state index < -0.39 is 0 Å². The molecular weight excluding hydrogens is 348 g/mol. The van der Waals surface area contributed by atoms with Crippen LogP contribution in [0.3, 0.4) is 0 Å². The van der Waals surface area contributed by atoms with E-state index in [1.807, 2.05) is 6.92 Å². The van der Waals surface area contributed by atoms with Gasteiger partial charge in [-0.3, -0.25) is 9.59 Å². The summed E-state index contributed by atoms with van der Waals surface area (Å²) in [5.41, 5.74) is 0.587. The maximum Gasteiger partial charge on any atom is 0.273 e. The quantitative estimate of drug-likeness (QED) is 0.457. The molecule has 1 amide bonds. The number of aromatic amines is 1. The largest absolute Gasteiger partial charge is 0.491 e. The molecule has 0 fully saturated rings. The van der Waals surface area contributed by atoms with Gasteiger partial charge in [-0.1, -0.05) is 6.08 Å². The fraction of sp³-hybridized carbons (Fsp3) is 0.368. The zero-order chi connectivity index (χ0) is 19.5. The minimum absolute atomic E-state index is 0.165. The normalized spacial score (nSPS) is 10.4. The average Bonchev–Trinajstić information content (AvgIpc) is 2.69. The second-order valence-corrected chi connectivity index (χ2v) is 5.61. The van der Waals surface area contributed by atoms with E-state index in [4.69, 9.17) is 9.47 Å². The number of amides is 1. The summed E-state index contributed by atoms with van der Waals surface area (Å²) < 4.78 is 10.8. The fourth-order valence-electron chi connectivity index (χ4n) is 2.23. The molecule has 144 valence electrons. The molecule has 1 aromatic carbocycles. The van der Waals surface area contributed by atoms with Crippen molar-refractivity contribution in [1.82, 2.24) is 20.5 Å². The molecule has 27 heavy (non-hydrogen) atoms. The van der Waals surface area contributed by atoms with Gasteiger partial charge in [0.2, 0.25) is 5.91 Å². The van der Waals surface area contributed by atoms with E-state index in [0.717, 1.165) is 0 Å². The highest BCUT2D eigenvalue weighted by Crippen LogP contribution is 2.18. The molecule has 2 rings (SSSR count). The Labute approximate surface area is 157 Å². The van der Waals surface area contributed by atoms with Crippen molar-refractivity contribution in [2.75, 3.05) is 26.4 Å². The second-order valence-electron chi connectivity index (χ2n) is 5.61. The summed E-state index contributed by atoms with van der Waals surface area (Å²) in [6, 6.07) is 7.16. The molecule has 0 radical (unpaired) electrons. The Morgan fingerprint density at radius 1 is 1.26 bits per heavy atom. The number of carbonyl (C=O) groups is 1. The molecular formula is C19H24N4O4. The predicted octanol–water partition coefficient (Wildman–Crippen LogP) is 1.48. The van der Waals surface area contributed by atoms with Gasteiger partial charge in [-0.25, -0.2) is 0 Å². The van der Waals surface area contributed by atoms with E-state index >= 15 is 0 Å². The highest BCUT2D eigenvalue weighted by molar-refractivity contribution is 5.76. The summed E-state index contributed by atoms with van der Waals surface area (Å²) in [5.74, 6) is 0.900. The van der Waals surface area contributed by atoms with Crippen LogP contribution in [-0.4, -0.2) is 47.5 Å². The molecule has 0 saturated heterocycles. The van der Waals surface area contributed by atoms with Crippen LogP contribution in [0.25, 0.3) is 11.4 Å². The SMILES string of the molecule is C=CCNC(=O)CCc1nnc(-c2ccc(OCCOCC)cc2)[nH]c1=O. The van der Waals surface area contributed by atoms with Crippen molar-refractivity contribution in [3.8, 4) is 17.1 Å². The number of nitrogens with zero attached hydrogens (tertiary/aromatic N) is 2. The summed E-state index contributed by atoms with van der Waals surface area (Å²) in [4.78, 5) is 26.4. The van der Waals surface area contributed by atoms with Crippen LogP contribution >= 0.6 is 0 Å². The molecule has 8 heteroatoms. The van der Waals surface area contributed by atoms with Gasteiger partial charge in [0.05, 0.1) is 6.61 Å². The number of rotatable bonds is 11. The lowest BCUT2D eigenvalue weighted by Gasteiger charge is -2.07. The van der Waals surface area contributed by atoms with Crippen LogP contribution in [0.1, 0.15) is 19.0 Å². The Morgan fingerprint density at radius 3 is 2.70 bits per heavy atom. The molecule has 0 aliphatic carbocycles. The molecule has 2 N–H and O–H groups in total. The number of benzene rings is 1. The van der Waals surface area contributed by atoms with Crippen LogP contribution in [0, 0.1) is 0 Å². The third kappa shape index (κ3) is 6.67. The highest BCUT2D eigenvalue weighted by atomic mass is 16.5. The number of H-pyrrole nitrogens is 1. The van der Waals surface area contributed by atoms with Gasteiger partial charge in [0, 0.05) is 31.6 Å². The number of aryl methyl sites for hydroxylation is 1. The maximum atomic E-state index is 12.2. The molecule has 0 aliphatic rings. The van der Waals surface area contributed by atoms with Gasteiger partial charge in [0.15, 0.2) is 5.82 Å². The molecule has 1 heterocycles. The maximum absolute atomic E-state index is 12.2. The lowest BCUT2D eigenvalue weighted by Crippen LogP contribution is -2.25. The van der Waals surface area contributed by atoms with E-state index in [9.17, 15) is 9.59 Å². The number of aromatic nitrogens is 3. The number of hydrogen-bond donors (Lipinski definition) is 2. The van der Waals surface area contributed by atoms with Gasteiger partial charge in [-0.05, 0) is 31.2 Å². The van der Waals surface area contributed by atoms with Crippen LogP contribution in [0.15, 0.2) is 41.7 Å². The molecule has 0 saturated carbocycles. The Balaban J connectivity index is 1.95. The third-order valence-electron chi connectivity index (χ3n) is 3.63. The van der Waals surface area contributed by atoms with E-state index in [1.54, 1.807) is 30.3 Å². The summed E-state index contributed by atoms with van der Waals surface area (Å²) >= 11 is 0. The first-order chi connectivity index (χ1) is 13.1. The van der Waals surface area contributed by atoms with Crippen LogP contribution in [0.2, 0.25) is 0 Å². The topological polar surface area (TPSA) is 106 Å². The van der Waals surface area contributed by atoms with E-state index in [-0.39, 0.29) is 30.0 Å². The van der Waals surface area contributed by atoms with Gasteiger partial charge in [0.25, 0.3) is 5.56 Å². The molecule has 0 aliphatic heterocycles.